The van der Waals surface area contributed by atoms with Gasteiger partial charge in [0.05, 0.1) is 0 Å². The van der Waals surface area contributed by atoms with E-state index < -0.39 is 4.92 Å². The van der Waals surface area contributed by atoms with E-state index in [0.29, 0.717) is 12.2 Å². The Morgan fingerprint density at radius 2 is 2.12 bits per heavy atom. The summed E-state index contributed by atoms with van der Waals surface area (Å²) in [6.07, 6.45) is 1.41. The maximum Gasteiger partial charge on any atom is 0.366 e. The van der Waals surface area contributed by atoms with E-state index >= 15 is 0 Å². The molecule has 0 radical (unpaired) electrons. The highest BCUT2D eigenvalue weighted by atomic mass is 16.6. The number of H-pyrrole nitrogens is 1. The first-order valence-electron chi connectivity index (χ1n) is 5.14. The monoisotopic (exact) mass is 232 g/mol. The Hall–Kier alpha value is -2.37. The Morgan fingerprint density at radius 1 is 1.41 bits per heavy atom. The molecule has 2 aromatic rings. The van der Waals surface area contributed by atoms with Crippen molar-refractivity contribution in [2.75, 3.05) is 5.32 Å². The van der Waals surface area contributed by atoms with Crippen LogP contribution in [-0.4, -0.2) is 15.1 Å². The van der Waals surface area contributed by atoms with Crippen LogP contribution in [0.1, 0.15) is 11.1 Å². The van der Waals surface area contributed by atoms with Gasteiger partial charge in [0.25, 0.3) is 0 Å². The Bertz CT molecular complexity index is 519. The molecule has 6 nitrogen and oxygen atoms in total. The zero-order valence-electron chi connectivity index (χ0n) is 9.30. The van der Waals surface area contributed by atoms with Gasteiger partial charge in [-0.2, -0.15) is 0 Å². The fraction of sp³-hybridized carbons (Fsp3) is 0.182. The molecule has 6 heteroatoms. The number of nitrogens with one attached hydrogen (secondary N) is 2. The Kier molecular flexibility index (Phi) is 3.04. The van der Waals surface area contributed by atoms with E-state index in [1.54, 1.807) is 0 Å². The SMILES string of the molecule is Cc1ccc(CNc2cn[nH]c2[N+](=O)[O-])cc1. The van der Waals surface area contributed by atoms with Crippen molar-refractivity contribution in [2.45, 2.75) is 13.5 Å². The number of nitrogens with zero attached hydrogens (tertiary/aromatic N) is 2. The largest absolute Gasteiger partial charge is 0.373 e. The molecule has 1 heterocycles. The second kappa shape index (κ2) is 4.65. The number of hydrogen-bond donors (Lipinski definition) is 2. The predicted octanol–water partition coefficient (Wildman–Crippen LogP) is 2.24. The van der Waals surface area contributed by atoms with Crippen LogP contribution < -0.4 is 5.32 Å². The van der Waals surface area contributed by atoms with Crippen LogP contribution in [0.2, 0.25) is 0 Å². The quantitative estimate of drug-likeness (QED) is 0.625. The van der Waals surface area contributed by atoms with Gasteiger partial charge >= 0.3 is 5.82 Å². The smallest absolute Gasteiger partial charge is 0.366 e. The molecule has 0 atom stereocenters. The molecule has 0 aliphatic rings. The Balaban J connectivity index is 2.05. The van der Waals surface area contributed by atoms with Gasteiger partial charge in [-0.25, -0.2) is 0 Å². The Labute approximate surface area is 97.8 Å². The van der Waals surface area contributed by atoms with Crippen molar-refractivity contribution in [1.82, 2.24) is 10.2 Å². The third-order valence-electron chi connectivity index (χ3n) is 2.41. The van der Waals surface area contributed by atoms with E-state index in [9.17, 15) is 10.1 Å². The van der Waals surface area contributed by atoms with Gasteiger partial charge in [-0.15, -0.1) is 5.10 Å². The lowest BCUT2D eigenvalue weighted by Gasteiger charge is -2.04. The standard InChI is InChI=1S/C11H12N4O2/c1-8-2-4-9(5-3-8)6-12-10-7-13-14-11(10)15(16)17/h2-5,7,12H,6H2,1H3,(H,13,14). The second-order valence-corrected chi connectivity index (χ2v) is 3.73. The van der Waals surface area contributed by atoms with Crippen molar-refractivity contribution in [1.29, 1.82) is 0 Å². The normalized spacial score (nSPS) is 10.2. The van der Waals surface area contributed by atoms with Gasteiger partial charge in [0.15, 0.2) is 5.69 Å². The van der Waals surface area contributed by atoms with Crippen LogP contribution in [0.3, 0.4) is 0 Å². The van der Waals surface area contributed by atoms with Gasteiger partial charge in [0.1, 0.15) is 6.20 Å². The van der Waals surface area contributed by atoms with Crippen LogP contribution in [0.15, 0.2) is 30.5 Å². The third-order valence-corrected chi connectivity index (χ3v) is 2.41. The first-order valence-corrected chi connectivity index (χ1v) is 5.14. The molecule has 17 heavy (non-hydrogen) atoms. The summed E-state index contributed by atoms with van der Waals surface area (Å²) < 4.78 is 0. The molecule has 1 aromatic heterocycles. The van der Waals surface area contributed by atoms with Gasteiger partial charge in [-0.1, -0.05) is 34.9 Å². The minimum absolute atomic E-state index is 0.114. The lowest BCUT2D eigenvalue weighted by molar-refractivity contribution is -0.388. The number of aromatic amines is 1. The summed E-state index contributed by atoms with van der Waals surface area (Å²) >= 11 is 0. The van der Waals surface area contributed by atoms with Crippen LogP contribution in [0.25, 0.3) is 0 Å². The van der Waals surface area contributed by atoms with Crippen LogP contribution in [0, 0.1) is 17.0 Å². The van der Waals surface area contributed by atoms with Crippen molar-refractivity contribution in [3.8, 4) is 0 Å². The van der Waals surface area contributed by atoms with Crippen LogP contribution in [0.4, 0.5) is 11.5 Å². The third kappa shape index (κ3) is 2.60. The number of aryl methyl sites for hydroxylation is 1. The predicted molar refractivity (Wildman–Crippen MR) is 63.7 cm³/mol. The second-order valence-electron chi connectivity index (χ2n) is 3.73. The summed E-state index contributed by atoms with van der Waals surface area (Å²) in [7, 11) is 0. The van der Waals surface area contributed by atoms with Gasteiger partial charge in [-0.3, -0.25) is 0 Å². The highest BCUT2D eigenvalue weighted by Crippen LogP contribution is 2.20. The van der Waals surface area contributed by atoms with Crippen molar-refractivity contribution >= 4 is 11.5 Å². The number of nitro groups is 1. The van der Waals surface area contributed by atoms with Crippen molar-refractivity contribution in [3.05, 3.63) is 51.7 Å². The molecule has 0 saturated heterocycles. The minimum Gasteiger partial charge on any atom is -0.373 e. The van der Waals surface area contributed by atoms with E-state index in [1.807, 2.05) is 31.2 Å². The zero-order chi connectivity index (χ0) is 12.3. The fourth-order valence-electron chi connectivity index (χ4n) is 1.45. The maximum atomic E-state index is 10.6. The van der Waals surface area contributed by atoms with E-state index in [4.69, 9.17) is 0 Å². The number of aromatic nitrogens is 2. The molecule has 0 amide bonds. The topological polar surface area (TPSA) is 83.8 Å². The first kappa shape index (κ1) is 11.1. The molecule has 0 unspecified atom stereocenters. The van der Waals surface area contributed by atoms with Crippen LogP contribution >= 0.6 is 0 Å². The van der Waals surface area contributed by atoms with Gasteiger partial charge in [0, 0.05) is 6.54 Å². The van der Waals surface area contributed by atoms with E-state index in [1.165, 1.54) is 11.8 Å². The lowest BCUT2D eigenvalue weighted by Crippen LogP contribution is -2.01. The molecule has 0 bridgehead atoms. The number of rotatable bonds is 4. The average Bonchev–Trinajstić information content (AvgIpc) is 2.76. The van der Waals surface area contributed by atoms with Crippen molar-refractivity contribution in [3.63, 3.8) is 0 Å². The average molecular weight is 232 g/mol. The maximum absolute atomic E-state index is 10.6. The molecule has 2 N–H and O–H groups in total. The molecule has 0 saturated carbocycles. The van der Waals surface area contributed by atoms with Gasteiger partial charge < -0.3 is 15.4 Å². The number of benzene rings is 1. The summed E-state index contributed by atoms with van der Waals surface area (Å²) in [5, 5.41) is 19.6. The summed E-state index contributed by atoms with van der Waals surface area (Å²) in [5.74, 6) is -0.114. The molecule has 88 valence electrons. The highest BCUT2D eigenvalue weighted by molar-refractivity contribution is 5.55. The fourth-order valence-corrected chi connectivity index (χ4v) is 1.45. The number of anilines is 1. The number of hydrogen-bond acceptors (Lipinski definition) is 4. The van der Waals surface area contributed by atoms with Gasteiger partial charge in [-0.05, 0) is 17.4 Å². The molecular weight excluding hydrogens is 220 g/mol. The molecule has 0 aliphatic heterocycles. The van der Waals surface area contributed by atoms with E-state index in [0.717, 1.165) is 5.56 Å². The van der Waals surface area contributed by atoms with Crippen molar-refractivity contribution < 1.29 is 4.92 Å². The molecule has 2 rings (SSSR count). The summed E-state index contributed by atoms with van der Waals surface area (Å²) in [5.41, 5.74) is 2.64. The lowest BCUT2D eigenvalue weighted by atomic mass is 10.1. The molecule has 0 aliphatic carbocycles. The highest BCUT2D eigenvalue weighted by Gasteiger charge is 2.13. The summed E-state index contributed by atoms with van der Waals surface area (Å²) in [4.78, 5) is 10.1. The van der Waals surface area contributed by atoms with Crippen molar-refractivity contribution in [2.24, 2.45) is 0 Å². The Morgan fingerprint density at radius 3 is 2.76 bits per heavy atom. The summed E-state index contributed by atoms with van der Waals surface area (Å²) in [6, 6.07) is 7.96. The van der Waals surface area contributed by atoms with E-state index in [-0.39, 0.29) is 5.82 Å². The van der Waals surface area contributed by atoms with Gasteiger partial charge in [0.2, 0.25) is 0 Å². The van der Waals surface area contributed by atoms with Crippen LogP contribution in [0.5, 0.6) is 0 Å². The van der Waals surface area contributed by atoms with Crippen LogP contribution in [-0.2, 0) is 6.54 Å². The molecule has 0 fully saturated rings. The molecule has 0 spiro atoms. The van der Waals surface area contributed by atoms with E-state index in [2.05, 4.69) is 15.5 Å². The first-order chi connectivity index (χ1) is 8.16. The minimum atomic E-state index is -0.496. The zero-order valence-corrected chi connectivity index (χ0v) is 9.30. The molecule has 1 aromatic carbocycles. The summed E-state index contributed by atoms with van der Waals surface area (Å²) in [6.45, 7) is 2.54. The molecular formula is C11H12N4O2.